The minimum absolute atomic E-state index is 0.00474. The second-order valence-electron chi connectivity index (χ2n) is 9.95. The van der Waals surface area contributed by atoms with Crippen LogP contribution in [0.25, 0.3) is 10.9 Å². The van der Waals surface area contributed by atoms with Crippen LogP contribution < -0.4 is 5.32 Å². The number of nitrogens with one attached hydrogen (secondary N) is 2. The van der Waals surface area contributed by atoms with Gasteiger partial charge in [0.05, 0.1) is 18.7 Å². The van der Waals surface area contributed by atoms with Crippen molar-refractivity contribution in [1.82, 2.24) is 10.3 Å². The quantitative estimate of drug-likeness (QED) is 0.353. The van der Waals surface area contributed by atoms with Crippen LogP contribution >= 0.6 is 11.6 Å². The molecular weight excluding hydrogens is 488 g/mol. The highest BCUT2D eigenvalue weighted by molar-refractivity contribution is 6.31. The molecule has 1 saturated carbocycles. The average Bonchev–Trinajstić information content (AvgIpc) is 3.30. The van der Waals surface area contributed by atoms with Crippen LogP contribution in [-0.4, -0.2) is 35.5 Å². The second-order valence-corrected chi connectivity index (χ2v) is 10.4. The van der Waals surface area contributed by atoms with Crippen molar-refractivity contribution in [2.24, 2.45) is 0 Å². The number of rotatable bonds is 6. The summed E-state index contributed by atoms with van der Waals surface area (Å²) >= 11 is 6.20. The molecule has 2 heterocycles. The van der Waals surface area contributed by atoms with Gasteiger partial charge < -0.3 is 20.1 Å². The molecular formula is C30H37ClN2O4. The molecule has 2 aliphatic rings. The van der Waals surface area contributed by atoms with Crippen molar-refractivity contribution < 1.29 is 19.4 Å². The number of H-pyrrole nitrogens is 1. The van der Waals surface area contributed by atoms with Gasteiger partial charge in [-0.2, -0.15) is 0 Å². The number of hydrogen-bond donors (Lipinski definition) is 3. The maximum atomic E-state index is 12.2. The van der Waals surface area contributed by atoms with Gasteiger partial charge in [-0.3, -0.25) is 9.59 Å². The number of hydrogen-bond acceptors (Lipinski definition) is 4. The Labute approximate surface area is 223 Å². The van der Waals surface area contributed by atoms with Gasteiger partial charge in [0.15, 0.2) is 5.78 Å². The van der Waals surface area contributed by atoms with Gasteiger partial charge in [0.2, 0.25) is 0 Å². The van der Waals surface area contributed by atoms with Crippen molar-refractivity contribution in [3.63, 3.8) is 0 Å². The molecule has 198 valence electrons. The minimum atomic E-state index is -0.820. The number of aryl methyl sites for hydroxylation is 1. The number of ether oxygens (including phenoxy) is 1. The van der Waals surface area contributed by atoms with E-state index in [9.17, 15) is 14.7 Å². The van der Waals surface area contributed by atoms with Crippen molar-refractivity contribution >= 4 is 34.3 Å². The van der Waals surface area contributed by atoms with E-state index in [1.165, 1.54) is 16.5 Å². The molecule has 1 aliphatic carbocycles. The molecule has 0 radical (unpaired) electrons. The third kappa shape index (κ3) is 5.07. The fourth-order valence-electron chi connectivity index (χ4n) is 6.01. The van der Waals surface area contributed by atoms with Crippen molar-refractivity contribution in [3.05, 3.63) is 69.9 Å². The second kappa shape index (κ2) is 11.4. The molecule has 3 aromatic rings. The Bertz CT molecular complexity index is 1290. The number of para-hydroxylation sites is 1. The van der Waals surface area contributed by atoms with Gasteiger partial charge in [-0.1, -0.05) is 68.3 Å². The predicted molar refractivity (Wildman–Crippen MR) is 147 cm³/mol. The molecule has 5 rings (SSSR count). The number of carboxylic acid groups (broad SMARTS) is 1. The largest absolute Gasteiger partial charge is 0.481 e. The van der Waals surface area contributed by atoms with Crippen LogP contribution in [0.4, 0.5) is 0 Å². The van der Waals surface area contributed by atoms with E-state index in [2.05, 4.69) is 35.4 Å². The lowest BCUT2D eigenvalue weighted by molar-refractivity contribution is -0.148. The number of aromatic nitrogens is 1. The first kappa shape index (κ1) is 27.4. The molecule has 1 fully saturated rings. The lowest BCUT2D eigenvalue weighted by Gasteiger charge is -2.36. The Hall–Kier alpha value is -2.67. The molecule has 7 heteroatoms. The van der Waals surface area contributed by atoms with Crippen LogP contribution in [0.3, 0.4) is 0 Å². The van der Waals surface area contributed by atoms with E-state index in [1.54, 1.807) is 0 Å². The number of fused-ring (bicyclic) bond motifs is 3. The molecule has 37 heavy (non-hydrogen) atoms. The zero-order valence-electron chi connectivity index (χ0n) is 22.0. The normalized spacial score (nSPS) is 23.3. The zero-order chi connectivity index (χ0) is 26.6. The fraction of sp³-hybridized carbons (Fsp3) is 0.467. The highest BCUT2D eigenvalue weighted by Gasteiger charge is 2.42. The van der Waals surface area contributed by atoms with E-state index < -0.39 is 17.1 Å². The summed E-state index contributed by atoms with van der Waals surface area (Å²) in [6.45, 7) is 4.71. The summed E-state index contributed by atoms with van der Waals surface area (Å²) in [4.78, 5) is 27.0. The molecule has 2 unspecified atom stereocenters. The van der Waals surface area contributed by atoms with E-state index in [1.807, 2.05) is 38.2 Å². The van der Waals surface area contributed by atoms with Gasteiger partial charge in [-0.15, -0.1) is 0 Å². The van der Waals surface area contributed by atoms with Crippen molar-refractivity contribution in [2.45, 2.75) is 76.4 Å². The molecule has 0 saturated heterocycles. The Kier molecular flexibility index (Phi) is 8.42. The maximum Gasteiger partial charge on any atom is 0.306 e. The van der Waals surface area contributed by atoms with Gasteiger partial charge >= 0.3 is 5.97 Å². The summed E-state index contributed by atoms with van der Waals surface area (Å²) in [6.07, 6.45) is 5.99. The summed E-state index contributed by atoms with van der Waals surface area (Å²) in [7, 11) is 1.84. The number of Topliss-reactive ketones (excluding diaryl/α,β-unsaturated/α-hetero) is 1. The van der Waals surface area contributed by atoms with Crippen LogP contribution in [0, 0.1) is 0 Å². The van der Waals surface area contributed by atoms with Gasteiger partial charge in [0.1, 0.15) is 11.1 Å². The van der Waals surface area contributed by atoms with E-state index in [0.717, 1.165) is 48.9 Å². The van der Waals surface area contributed by atoms with Crippen LogP contribution in [0.15, 0.2) is 42.5 Å². The Morgan fingerprint density at radius 3 is 2.57 bits per heavy atom. The highest BCUT2D eigenvalue weighted by Crippen LogP contribution is 2.42. The molecule has 0 spiro atoms. The van der Waals surface area contributed by atoms with E-state index in [-0.39, 0.29) is 12.2 Å². The topological polar surface area (TPSA) is 91.4 Å². The minimum Gasteiger partial charge on any atom is -0.481 e. The van der Waals surface area contributed by atoms with Gasteiger partial charge in [-0.25, -0.2) is 0 Å². The summed E-state index contributed by atoms with van der Waals surface area (Å²) in [6, 6.07) is 13.9. The number of ketones is 1. The first-order valence-corrected chi connectivity index (χ1v) is 13.7. The van der Waals surface area contributed by atoms with Gasteiger partial charge in [0.25, 0.3) is 0 Å². The number of carbonyl (C=O) groups is 2. The highest BCUT2D eigenvalue weighted by atomic mass is 35.5. The van der Waals surface area contributed by atoms with E-state index >= 15 is 0 Å². The molecule has 2 aromatic carbocycles. The summed E-state index contributed by atoms with van der Waals surface area (Å²) in [5, 5.41) is 14.4. The standard InChI is InChI=1S/C17H21NO3.C13H16ClNO/c1-3-11-6-5-7-12-13-8-9-21-17(4-2,10-14(19)20)16(13)18-15(11)12;1-15-13(9-5-4-8-12(13)16)10-6-2-3-7-11(10)14/h5-7,18H,3-4,8-10H2,1-2H3,(H,19,20);2-3,6-7,15H,4-5,8-9H2,1H3. The van der Waals surface area contributed by atoms with E-state index in [0.29, 0.717) is 24.5 Å². The molecule has 3 N–H and O–H groups in total. The number of aromatic amines is 1. The van der Waals surface area contributed by atoms with Crippen molar-refractivity contribution in [1.29, 1.82) is 0 Å². The van der Waals surface area contributed by atoms with Crippen LogP contribution in [-0.2, 0) is 38.3 Å². The lowest BCUT2D eigenvalue weighted by atomic mass is 9.75. The fourth-order valence-corrected chi connectivity index (χ4v) is 6.30. The van der Waals surface area contributed by atoms with Gasteiger partial charge in [-0.05, 0) is 61.9 Å². The Balaban J connectivity index is 0.000000180. The van der Waals surface area contributed by atoms with Crippen LogP contribution in [0.2, 0.25) is 5.02 Å². The van der Waals surface area contributed by atoms with Gasteiger partial charge in [0, 0.05) is 22.3 Å². The molecule has 6 nitrogen and oxygen atoms in total. The summed E-state index contributed by atoms with van der Waals surface area (Å²) in [5.41, 5.74) is 4.24. The number of halogens is 1. The smallest absolute Gasteiger partial charge is 0.306 e. The van der Waals surface area contributed by atoms with Crippen LogP contribution in [0.5, 0.6) is 0 Å². The first-order chi connectivity index (χ1) is 17.8. The molecule has 2 atom stereocenters. The number of benzene rings is 2. The molecule has 0 bridgehead atoms. The molecule has 0 amide bonds. The lowest BCUT2D eigenvalue weighted by Crippen LogP contribution is -2.49. The molecule has 1 aliphatic heterocycles. The average molecular weight is 525 g/mol. The Morgan fingerprint density at radius 2 is 1.92 bits per heavy atom. The number of aliphatic carboxylic acids is 1. The number of carbonyl (C=O) groups excluding carboxylic acids is 1. The third-order valence-electron chi connectivity index (χ3n) is 8.04. The van der Waals surface area contributed by atoms with E-state index in [4.69, 9.17) is 16.3 Å². The predicted octanol–water partition coefficient (Wildman–Crippen LogP) is 6.28. The number of carboxylic acids is 1. The zero-order valence-corrected chi connectivity index (χ0v) is 22.7. The first-order valence-electron chi connectivity index (χ1n) is 13.3. The number of likely N-dealkylation sites (N-methyl/N-ethyl adjacent to an activating group) is 1. The monoisotopic (exact) mass is 524 g/mol. The van der Waals surface area contributed by atoms with Crippen LogP contribution in [0.1, 0.15) is 74.8 Å². The maximum absolute atomic E-state index is 12.2. The Morgan fingerprint density at radius 1 is 1.14 bits per heavy atom. The summed E-state index contributed by atoms with van der Waals surface area (Å²) < 4.78 is 5.94. The van der Waals surface area contributed by atoms with Crippen molar-refractivity contribution in [2.75, 3.05) is 13.7 Å². The third-order valence-corrected chi connectivity index (χ3v) is 8.37. The SMILES string of the molecule is CCc1cccc2c3c([nH]c12)C(CC)(CC(=O)O)OCC3.CNC1(c2ccccc2Cl)CCCCC1=O. The summed E-state index contributed by atoms with van der Waals surface area (Å²) in [5.74, 6) is -0.562. The van der Waals surface area contributed by atoms with Crippen molar-refractivity contribution in [3.8, 4) is 0 Å². The molecule has 1 aromatic heterocycles.